The molecule has 0 aliphatic carbocycles. The van der Waals surface area contributed by atoms with E-state index in [2.05, 4.69) is 20.8 Å². The van der Waals surface area contributed by atoms with Crippen molar-refractivity contribution in [1.82, 2.24) is 0 Å². The van der Waals surface area contributed by atoms with Crippen LogP contribution in [0.1, 0.15) is 5.56 Å². The molecular weight excluding hydrogens is 709 g/mol. The van der Waals surface area contributed by atoms with Gasteiger partial charge in [-0.1, -0.05) is 0 Å². The molecule has 0 bridgehead atoms. The summed E-state index contributed by atoms with van der Waals surface area (Å²) in [6, 6.07) is 11.2. The molecule has 21 heteroatoms. The first-order valence-electron chi connectivity index (χ1n) is 9.70. The van der Waals surface area contributed by atoms with Gasteiger partial charge in [0, 0.05) is 74.3 Å². The van der Waals surface area contributed by atoms with Gasteiger partial charge in [0.1, 0.15) is 4.90 Å². The van der Waals surface area contributed by atoms with Crippen LogP contribution in [-0.4, -0.2) is 101 Å². The number of halogens is 1. The number of hydrogen-bond donors (Lipinski definition) is 3. The standard InChI is InChI=1S/C19H13IN6O10S2.2Na/c20-11-1-3-12(4-2-11)21-23-19(15-7-6-14(37(31,32)33)10-18(15)38(34,35)36)24-22-16-8-5-13(25(27)28)9-17(16)26(29)30;;/h1-10,21H,(H,31,32,33)(H,34,35,36);;/b23-19-,24-22?;;. The monoisotopic (exact) mass is 722 g/mol. The maximum absolute atomic E-state index is 12.0. The van der Waals surface area contributed by atoms with Gasteiger partial charge in [-0.3, -0.25) is 34.8 Å². The van der Waals surface area contributed by atoms with Crippen LogP contribution in [0.4, 0.5) is 22.7 Å². The average Bonchev–Trinajstić information content (AvgIpc) is 2.83. The zero-order valence-corrected chi connectivity index (χ0v) is 28.2. The summed E-state index contributed by atoms with van der Waals surface area (Å²) in [7, 11) is -10.0. The van der Waals surface area contributed by atoms with Crippen LogP contribution in [-0.2, 0) is 20.2 Å². The summed E-state index contributed by atoms with van der Waals surface area (Å²) in [5, 5.41) is 33.7. The Morgan fingerprint density at radius 2 is 1.48 bits per heavy atom. The Hall–Kier alpha value is -1.92. The summed E-state index contributed by atoms with van der Waals surface area (Å²) in [5.41, 5.74) is 0.558. The molecular formula is C19H13IN6Na2O10S2. The maximum atomic E-state index is 12.0. The zero-order chi connectivity index (χ0) is 28.3. The molecule has 0 saturated heterocycles. The number of nitrogens with one attached hydrogen (secondary N) is 1. The van der Waals surface area contributed by atoms with E-state index in [9.17, 15) is 46.2 Å². The fourth-order valence-corrected chi connectivity index (χ4v) is 4.45. The minimum atomic E-state index is -5.14. The summed E-state index contributed by atoms with van der Waals surface area (Å²) in [6.07, 6.45) is 0. The minimum Gasteiger partial charge on any atom is -0.282 e. The Kier molecular flexibility index (Phi) is 13.4. The molecule has 0 unspecified atom stereocenters. The predicted octanol–water partition coefficient (Wildman–Crippen LogP) is 3.40. The molecule has 0 aromatic heterocycles. The summed E-state index contributed by atoms with van der Waals surface area (Å²) < 4.78 is 66.9. The average molecular weight is 722 g/mol. The number of nitro groups is 2. The predicted molar refractivity (Wildman–Crippen MR) is 151 cm³/mol. The van der Waals surface area contributed by atoms with Gasteiger partial charge in [0.2, 0.25) is 5.84 Å². The van der Waals surface area contributed by atoms with Gasteiger partial charge >= 0.3 is 5.69 Å². The summed E-state index contributed by atoms with van der Waals surface area (Å²) in [4.78, 5) is 18.7. The van der Waals surface area contributed by atoms with E-state index in [-0.39, 0.29) is 59.1 Å². The number of azo groups is 1. The number of anilines is 1. The van der Waals surface area contributed by atoms with Gasteiger partial charge in [0.15, 0.2) is 5.69 Å². The van der Waals surface area contributed by atoms with Gasteiger partial charge in [-0.05, 0) is 71.1 Å². The van der Waals surface area contributed by atoms with Gasteiger partial charge in [-0.2, -0.15) is 21.9 Å². The van der Waals surface area contributed by atoms with Crippen molar-refractivity contribution >= 4 is 131 Å². The van der Waals surface area contributed by atoms with Crippen LogP contribution in [0.15, 0.2) is 85.8 Å². The Labute approximate surface area is 283 Å². The van der Waals surface area contributed by atoms with Crippen molar-refractivity contribution < 1.29 is 35.8 Å². The number of benzene rings is 3. The van der Waals surface area contributed by atoms with Crippen molar-refractivity contribution in [2.45, 2.75) is 9.79 Å². The Bertz CT molecular complexity index is 1720. The van der Waals surface area contributed by atoms with E-state index >= 15 is 0 Å². The normalized spacial score (nSPS) is 11.8. The number of nitrogens with zero attached hydrogens (tertiary/aromatic N) is 5. The van der Waals surface area contributed by atoms with Crippen LogP contribution in [0.25, 0.3) is 0 Å². The first kappa shape index (κ1) is 36.1. The van der Waals surface area contributed by atoms with Crippen molar-refractivity contribution in [2.75, 3.05) is 5.43 Å². The molecule has 3 aromatic carbocycles. The number of nitro benzene ring substituents is 2. The molecule has 0 saturated carbocycles. The Balaban J connectivity index is 0.00000400. The van der Waals surface area contributed by atoms with Crippen molar-refractivity contribution in [3.8, 4) is 0 Å². The topological polar surface area (TPSA) is 244 Å². The largest absolute Gasteiger partial charge is 0.303 e. The van der Waals surface area contributed by atoms with Gasteiger partial charge in [-0.15, -0.1) is 10.2 Å². The fourth-order valence-electron chi connectivity index (χ4n) is 2.80. The molecule has 0 aliphatic heterocycles. The van der Waals surface area contributed by atoms with Crippen LogP contribution < -0.4 is 5.43 Å². The van der Waals surface area contributed by atoms with Crippen molar-refractivity contribution in [3.63, 3.8) is 0 Å². The second-order valence-corrected chi connectivity index (χ2v) is 11.1. The molecule has 2 radical (unpaired) electrons. The van der Waals surface area contributed by atoms with E-state index in [1.807, 2.05) is 22.6 Å². The molecule has 3 N–H and O–H groups in total. The third-order valence-electron chi connectivity index (χ3n) is 4.52. The first-order chi connectivity index (χ1) is 17.7. The molecule has 16 nitrogen and oxygen atoms in total. The molecule has 0 atom stereocenters. The molecule has 0 heterocycles. The van der Waals surface area contributed by atoms with Crippen LogP contribution >= 0.6 is 22.6 Å². The summed E-state index contributed by atoms with van der Waals surface area (Å²) in [6.45, 7) is 0. The molecule has 3 rings (SSSR count). The number of hydrogen-bond acceptors (Lipinski definition) is 11. The van der Waals surface area contributed by atoms with Crippen LogP contribution in [0.3, 0.4) is 0 Å². The Morgan fingerprint density at radius 1 is 0.850 bits per heavy atom. The smallest absolute Gasteiger partial charge is 0.282 e. The van der Waals surface area contributed by atoms with E-state index in [1.54, 1.807) is 24.3 Å². The second kappa shape index (κ2) is 14.8. The number of amidine groups is 1. The maximum Gasteiger partial charge on any atom is 0.303 e. The summed E-state index contributed by atoms with van der Waals surface area (Å²) in [5.74, 6) is -0.606. The van der Waals surface area contributed by atoms with E-state index < -0.39 is 68.3 Å². The SMILES string of the molecule is O=[N+]([O-])c1ccc(N=N/C(=N\Nc2ccc(I)cc2)c2ccc(S(=O)(=O)O)cc2S(=O)(=O)O)c([N+](=O)[O-])c1.[Na].[Na]. The second-order valence-electron chi connectivity index (χ2n) is 7.05. The van der Waals surface area contributed by atoms with E-state index in [1.165, 1.54) is 0 Å². The van der Waals surface area contributed by atoms with E-state index in [0.29, 0.717) is 17.8 Å². The quantitative estimate of drug-likeness (QED) is 0.0445. The summed E-state index contributed by atoms with van der Waals surface area (Å²) >= 11 is 2.05. The molecule has 0 spiro atoms. The van der Waals surface area contributed by atoms with Crippen molar-refractivity contribution in [3.05, 3.63) is 90.0 Å². The van der Waals surface area contributed by atoms with Crippen molar-refractivity contribution in [2.24, 2.45) is 15.3 Å². The molecule has 0 fully saturated rings. The fraction of sp³-hybridized carbons (Fsp3) is 0. The van der Waals surface area contributed by atoms with E-state index in [0.717, 1.165) is 27.8 Å². The van der Waals surface area contributed by atoms with Crippen LogP contribution in [0.2, 0.25) is 0 Å². The first-order valence-corrected chi connectivity index (χ1v) is 13.7. The Morgan fingerprint density at radius 3 is 2.00 bits per heavy atom. The third-order valence-corrected chi connectivity index (χ3v) is 6.99. The van der Waals surface area contributed by atoms with Gasteiger partial charge < -0.3 is 0 Å². The van der Waals surface area contributed by atoms with Crippen molar-refractivity contribution in [1.29, 1.82) is 0 Å². The van der Waals surface area contributed by atoms with Gasteiger partial charge in [0.05, 0.1) is 26.5 Å². The molecule has 0 aliphatic rings. The third kappa shape index (κ3) is 9.58. The molecule has 3 aromatic rings. The minimum absolute atomic E-state index is 0. The van der Waals surface area contributed by atoms with Gasteiger partial charge in [-0.25, -0.2) is 0 Å². The number of non-ortho nitro benzene ring substituents is 1. The number of hydrazone groups is 1. The van der Waals surface area contributed by atoms with Crippen LogP contribution in [0, 0.1) is 23.8 Å². The van der Waals surface area contributed by atoms with Crippen LogP contribution in [0.5, 0.6) is 0 Å². The molecule has 0 amide bonds. The van der Waals surface area contributed by atoms with Gasteiger partial charge in [0.25, 0.3) is 25.9 Å². The zero-order valence-electron chi connectivity index (χ0n) is 20.4. The van der Waals surface area contributed by atoms with E-state index in [4.69, 9.17) is 0 Å². The molecule has 200 valence electrons. The number of rotatable bonds is 8. The molecule has 40 heavy (non-hydrogen) atoms.